The molecule has 0 saturated heterocycles. The summed E-state index contributed by atoms with van der Waals surface area (Å²) in [5, 5.41) is 3.53. The largest absolute Gasteiger partial charge is 0.382 e. The van der Waals surface area contributed by atoms with Gasteiger partial charge in [0.25, 0.3) is 0 Å². The molecule has 0 amide bonds. The zero-order chi connectivity index (χ0) is 15.3. The van der Waals surface area contributed by atoms with E-state index in [1.54, 1.807) is 7.11 Å². The molecule has 1 aromatic rings. The lowest BCUT2D eigenvalue weighted by Crippen LogP contribution is -2.26. The molecular formula is C17H28BrNO2. The molecule has 1 atom stereocenters. The van der Waals surface area contributed by atoms with Crippen LogP contribution in [0, 0.1) is 5.92 Å². The van der Waals surface area contributed by atoms with E-state index >= 15 is 0 Å². The van der Waals surface area contributed by atoms with Crippen LogP contribution in [0.5, 0.6) is 0 Å². The first-order valence-electron chi connectivity index (χ1n) is 7.78. The van der Waals surface area contributed by atoms with Gasteiger partial charge in [-0.3, -0.25) is 0 Å². The highest BCUT2D eigenvalue weighted by Crippen LogP contribution is 2.20. The summed E-state index contributed by atoms with van der Waals surface area (Å²) < 4.78 is 11.8. The zero-order valence-corrected chi connectivity index (χ0v) is 14.8. The summed E-state index contributed by atoms with van der Waals surface area (Å²) in [6.07, 6.45) is 3.32. The van der Waals surface area contributed by atoms with E-state index in [2.05, 4.69) is 52.4 Å². The summed E-state index contributed by atoms with van der Waals surface area (Å²) in [6, 6.07) is 8.47. The molecule has 0 aromatic heterocycles. The van der Waals surface area contributed by atoms with Crippen molar-refractivity contribution in [3.63, 3.8) is 0 Å². The maximum atomic E-state index is 5.61. The molecule has 0 heterocycles. The molecule has 1 aromatic carbocycles. The molecule has 1 N–H and O–H groups in total. The van der Waals surface area contributed by atoms with E-state index < -0.39 is 0 Å². The molecule has 3 nitrogen and oxygen atoms in total. The normalized spacial score (nSPS) is 12.5. The van der Waals surface area contributed by atoms with Crippen LogP contribution < -0.4 is 5.32 Å². The van der Waals surface area contributed by atoms with Crippen molar-refractivity contribution in [1.29, 1.82) is 0 Å². The topological polar surface area (TPSA) is 30.5 Å². The second kappa shape index (κ2) is 12.2. The molecule has 0 saturated carbocycles. The van der Waals surface area contributed by atoms with Gasteiger partial charge < -0.3 is 14.8 Å². The number of rotatable bonds is 12. The third-order valence-electron chi connectivity index (χ3n) is 3.43. The molecule has 1 rings (SSSR count). The number of nitrogens with one attached hydrogen (secondary N) is 1. The van der Waals surface area contributed by atoms with Crippen LogP contribution in [0.2, 0.25) is 0 Å². The van der Waals surface area contributed by atoms with Crippen molar-refractivity contribution in [1.82, 2.24) is 5.32 Å². The van der Waals surface area contributed by atoms with Crippen LogP contribution in [0.3, 0.4) is 0 Å². The smallest absolute Gasteiger partial charge is 0.0700 e. The van der Waals surface area contributed by atoms with Crippen molar-refractivity contribution in [3.05, 3.63) is 34.3 Å². The molecule has 0 radical (unpaired) electrons. The van der Waals surface area contributed by atoms with E-state index in [4.69, 9.17) is 9.47 Å². The highest BCUT2D eigenvalue weighted by atomic mass is 79.9. The van der Waals surface area contributed by atoms with Gasteiger partial charge in [-0.25, -0.2) is 0 Å². The first-order valence-corrected chi connectivity index (χ1v) is 8.58. The quantitative estimate of drug-likeness (QED) is 0.579. The Balaban J connectivity index is 2.41. The second-order valence-electron chi connectivity index (χ2n) is 5.26. The van der Waals surface area contributed by atoms with Gasteiger partial charge in [0.15, 0.2) is 0 Å². The Hall–Kier alpha value is -0.420. The van der Waals surface area contributed by atoms with E-state index in [0.29, 0.717) is 19.1 Å². The molecule has 4 heteroatoms. The Kier molecular flexibility index (Phi) is 10.8. The summed E-state index contributed by atoms with van der Waals surface area (Å²) in [5.74, 6) is 0.595. The van der Waals surface area contributed by atoms with Gasteiger partial charge in [-0.1, -0.05) is 41.1 Å². The number of methoxy groups -OCH3 is 1. The van der Waals surface area contributed by atoms with Crippen LogP contribution in [-0.2, 0) is 15.9 Å². The Morgan fingerprint density at radius 3 is 2.71 bits per heavy atom. The zero-order valence-electron chi connectivity index (χ0n) is 13.2. The van der Waals surface area contributed by atoms with Crippen LogP contribution >= 0.6 is 15.9 Å². The van der Waals surface area contributed by atoms with E-state index in [1.165, 1.54) is 16.5 Å². The molecule has 0 bridgehead atoms. The number of hydrogen-bond acceptors (Lipinski definition) is 3. The number of hydrogen-bond donors (Lipinski definition) is 1. The minimum absolute atomic E-state index is 0.595. The van der Waals surface area contributed by atoms with Crippen LogP contribution in [0.1, 0.15) is 25.3 Å². The molecule has 120 valence electrons. The van der Waals surface area contributed by atoms with Gasteiger partial charge in [0.05, 0.1) is 13.2 Å². The number of ether oxygens (including phenoxy) is 2. The summed E-state index contributed by atoms with van der Waals surface area (Å²) in [6.45, 7) is 6.47. The lowest BCUT2D eigenvalue weighted by molar-refractivity contribution is 0.0636. The fraction of sp³-hybridized carbons (Fsp3) is 0.647. The van der Waals surface area contributed by atoms with E-state index in [9.17, 15) is 0 Å². The Morgan fingerprint density at radius 1 is 1.19 bits per heavy atom. The standard InChI is InChI=1S/C17H28BrNO2/c1-3-9-19-14-15(8-10-21-12-11-20-2)13-16-6-4-5-7-17(16)18/h4-7,15,19H,3,8-14H2,1-2H3. The van der Waals surface area contributed by atoms with Crippen LogP contribution in [-0.4, -0.2) is 40.0 Å². The number of benzene rings is 1. The van der Waals surface area contributed by atoms with Crippen LogP contribution in [0.25, 0.3) is 0 Å². The molecule has 0 aliphatic carbocycles. The van der Waals surface area contributed by atoms with Gasteiger partial charge in [-0.05, 0) is 49.9 Å². The van der Waals surface area contributed by atoms with Crippen molar-refractivity contribution < 1.29 is 9.47 Å². The summed E-state index contributed by atoms with van der Waals surface area (Å²) in [5.41, 5.74) is 1.37. The minimum Gasteiger partial charge on any atom is -0.382 e. The van der Waals surface area contributed by atoms with Crippen LogP contribution in [0.4, 0.5) is 0 Å². The summed E-state index contributed by atoms with van der Waals surface area (Å²) in [7, 11) is 1.70. The molecule has 0 aliphatic heterocycles. The average Bonchev–Trinajstić information content (AvgIpc) is 2.49. The minimum atomic E-state index is 0.595. The highest BCUT2D eigenvalue weighted by molar-refractivity contribution is 9.10. The third-order valence-corrected chi connectivity index (χ3v) is 4.20. The van der Waals surface area contributed by atoms with Gasteiger partial charge in [0.2, 0.25) is 0 Å². The predicted octanol–water partition coefficient (Wildman–Crippen LogP) is 3.66. The highest BCUT2D eigenvalue weighted by Gasteiger charge is 2.11. The third kappa shape index (κ3) is 8.57. The first kappa shape index (κ1) is 18.6. The molecule has 1 unspecified atom stereocenters. The Labute approximate surface area is 137 Å². The van der Waals surface area contributed by atoms with Crippen molar-refractivity contribution >= 4 is 15.9 Å². The van der Waals surface area contributed by atoms with Crippen molar-refractivity contribution in [2.75, 3.05) is 40.0 Å². The van der Waals surface area contributed by atoms with Crippen molar-refractivity contribution in [3.8, 4) is 0 Å². The lowest BCUT2D eigenvalue weighted by atomic mass is 9.96. The van der Waals surface area contributed by atoms with E-state index in [0.717, 1.165) is 32.5 Å². The van der Waals surface area contributed by atoms with Crippen LogP contribution in [0.15, 0.2) is 28.7 Å². The van der Waals surface area contributed by atoms with Gasteiger partial charge >= 0.3 is 0 Å². The van der Waals surface area contributed by atoms with Gasteiger partial charge in [0, 0.05) is 18.2 Å². The van der Waals surface area contributed by atoms with E-state index in [-0.39, 0.29) is 0 Å². The first-order chi connectivity index (χ1) is 10.3. The maximum absolute atomic E-state index is 5.61. The average molecular weight is 358 g/mol. The lowest BCUT2D eigenvalue weighted by Gasteiger charge is -2.18. The molecule has 0 fully saturated rings. The van der Waals surface area contributed by atoms with Crippen molar-refractivity contribution in [2.24, 2.45) is 5.92 Å². The summed E-state index contributed by atoms with van der Waals surface area (Å²) >= 11 is 3.64. The van der Waals surface area contributed by atoms with Gasteiger partial charge in [0.1, 0.15) is 0 Å². The number of halogens is 1. The Bertz CT molecular complexity index is 374. The Morgan fingerprint density at radius 2 is 2.00 bits per heavy atom. The fourth-order valence-corrected chi connectivity index (χ4v) is 2.68. The SMILES string of the molecule is CCCNCC(CCOCCOC)Cc1ccccc1Br. The predicted molar refractivity (Wildman–Crippen MR) is 91.8 cm³/mol. The van der Waals surface area contributed by atoms with Crippen molar-refractivity contribution in [2.45, 2.75) is 26.2 Å². The van der Waals surface area contributed by atoms with Gasteiger partial charge in [-0.2, -0.15) is 0 Å². The second-order valence-corrected chi connectivity index (χ2v) is 6.11. The van der Waals surface area contributed by atoms with E-state index in [1.807, 2.05) is 0 Å². The molecular weight excluding hydrogens is 330 g/mol. The maximum Gasteiger partial charge on any atom is 0.0700 e. The summed E-state index contributed by atoms with van der Waals surface area (Å²) in [4.78, 5) is 0. The molecule has 0 aliphatic rings. The van der Waals surface area contributed by atoms with Gasteiger partial charge in [-0.15, -0.1) is 0 Å². The molecule has 21 heavy (non-hydrogen) atoms. The monoisotopic (exact) mass is 357 g/mol. The molecule has 0 spiro atoms. The fourth-order valence-electron chi connectivity index (χ4n) is 2.23.